The minimum absolute atomic E-state index is 0.0378. The fourth-order valence-electron chi connectivity index (χ4n) is 3.04. The zero-order valence-electron chi connectivity index (χ0n) is 16.8. The van der Waals surface area contributed by atoms with E-state index in [1.54, 1.807) is 0 Å². The molecule has 0 amide bonds. The summed E-state index contributed by atoms with van der Waals surface area (Å²) >= 11 is 5.22. The number of ether oxygens (including phenoxy) is 1. The van der Waals surface area contributed by atoms with E-state index < -0.39 is 60.3 Å². The Morgan fingerprint density at radius 3 is 2.38 bits per heavy atom. The van der Waals surface area contributed by atoms with Crippen molar-refractivity contribution in [2.75, 3.05) is 6.61 Å². The number of nitrogens with zero attached hydrogens (tertiary/aromatic N) is 1. The Balaban J connectivity index is 1.75. The Bertz CT molecular complexity index is 1300. The molecule has 0 radical (unpaired) electrons. The van der Waals surface area contributed by atoms with Crippen LogP contribution in [0.25, 0.3) is 11.0 Å². The average Bonchev–Trinajstić information content (AvgIpc) is 2.93. The van der Waals surface area contributed by atoms with Crippen molar-refractivity contribution >= 4 is 46.7 Å². The summed E-state index contributed by atoms with van der Waals surface area (Å²) in [5.41, 5.74) is 0.495. The Kier molecular flexibility index (Phi) is 7.96. The molecule has 1 saturated heterocycles. The van der Waals surface area contributed by atoms with Gasteiger partial charge in [-0.2, -0.15) is 8.62 Å². The molecule has 20 heteroatoms. The highest BCUT2D eigenvalue weighted by molar-refractivity contribution is 7.71. The summed E-state index contributed by atoms with van der Waals surface area (Å²) in [6, 6.07) is 2.53. The number of pyridine rings is 2. The fraction of sp³-hybridized carbons (Fsp3) is 0.429. The van der Waals surface area contributed by atoms with E-state index in [0.29, 0.717) is 0 Å². The van der Waals surface area contributed by atoms with Crippen LogP contribution in [0.4, 0.5) is 4.39 Å². The van der Waals surface area contributed by atoms with Crippen molar-refractivity contribution < 1.29 is 65.8 Å². The smallest absolute Gasteiger partial charge is 0.387 e. The summed E-state index contributed by atoms with van der Waals surface area (Å²) in [4.78, 5) is 42.5. The molecule has 15 nitrogen and oxygen atoms in total. The number of aromatic nitrogens is 2. The van der Waals surface area contributed by atoms with Crippen LogP contribution in [0.3, 0.4) is 0 Å². The zero-order valence-corrected chi connectivity index (χ0v) is 20.3. The molecule has 0 spiro atoms. The van der Waals surface area contributed by atoms with E-state index in [0.717, 1.165) is 6.07 Å². The lowest BCUT2D eigenvalue weighted by Gasteiger charge is -2.19. The number of aliphatic hydroxyl groups excluding tert-OH is 2. The van der Waals surface area contributed by atoms with Gasteiger partial charge in [-0.05, 0) is 19.1 Å². The standard InChI is InChI=1S/C14H18FN2O13P3S/c1-5-8(15)3-6-2-7(14(34)17-13(6)16-5)12-11(19)10(18)9(28-12)4-27-32(23,24)30-33(25,26)29-31(20,21)22/h2-3,9-12,18-19H,4H2,1H3,(H,23,24)(H,25,26)(H,16,17,34)(H2,20,21,22)/t9-,10+,11?,12+/m1/s1. The van der Waals surface area contributed by atoms with E-state index in [4.69, 9.17) is 31.6 Å². The Morgan fingerprint density at radius 2 is 1.76 bits per heavy atom. The SMILES string of the molecule is Cc1nc2[nH]c(=S)c([C@@H]3O[C@H](COP(=O)(O)OP(=O)(O)OP(=O)(O)O)[C@H](O)C3O)cc2cc1F. The monoisotopic (exact) mass is 566 g/mol. The van der Waals surface area contributed by atoms with Gasteiger partial charge in [0.25, 0.3) is 0 Å². The second kappa shape index (κ2) is 9.81. The quantitative estimate of drug-likeness (QED) is 0.176. The Morgan fingerprint density at radius 1 is 1.12 bits per heavy atom. The first kappa shape index (κ1) is 27.6. The molecule has 1 aliphatic rings. The third-order valence-corrected chi connectivity index (χ3v) is 8.61. The van der Waals surface area contributed by atoms with Gasteiger partial charge in [0.05, 0.1) is 12.3 Å². The molecule has 3 heterocycles. The van der Waals surface area contributed by atoms with Gasteiger partial charge >= 0.3 is 23.5 Å². The predicted octanol–water partition coefficient (Wildman–Crippen LogP) is 1.24. The second-order valence-corrected chi connectivity index (χ2v) is 11.8. The zero-order chi connectivity index (χ0) is 25.6. The molecule has 2 aromatic heterocycles. The Hall–Kier alpha value is -1.00. The summed E-state index contributed by atoms with van der Waals surface area (Å²) in [5, 5.41) is 20.9. The van der Waals surface area contributed by atoms with Crippen LogP contribution in [-0.4, -0.2) is 64.7 Å². The van der Waals surface area contributed by atoms with Crippen LogP contribution < -0.4 is 0 Å². The molecule has 0 bridgehead atoms. The van der Waals surface area contributed by atoms with Crippen LogP contribution in [0.5, 0.6) is 0 Å². The molecule has 1 fully saturated rings. The van der Waals surface area contributed by atoms with E-state index in [-0.39, 0.29) is 26.9 Å². The van der Waals surface area contributed by atoms with E-state index >= 15 is 0 Å². The van der Waals surface area contributed by atoms with Crippen LogP contribution in [0.15, 0.2) is 12.1 Å². The molecule has 7 N–H and O–H groups in total. The van der Waals surface area contributed by atoms with Crippen molar-refractivity contribution in [2.45, 2.75) is 31.3 Å². The largest absolute Gasteiger partial charge is 0.490 e. The molecular formula is C14H18FN2O13P3S. The molecule has 2 aromatic rings. The van der Waals surface area contributed by atoms with Crippen molar-refractivity contribution in [3.05, 3.63) is 33.8 Å². The molecule has 3 rings (SSSR count). The van der Waals surface area contributed by atoms with Crippen molar-refractivity contribution in [2.24, 2.45) is 0 Å². The number of halogens is 1. The van der Waals surface area contributed by atoms with Gasteiger partial charge in [0.2, 0.25) is 0 Å². The number of hydrogen-bond acceptors (Lipinski definition) is 11. The van der Waals surface area contributed by atoms with Crippen molar-refractivity contribution in [3.63, 3.8) is 0 Å². The highest BCUT2D eigenvalue weighted by Gasteiger charge is 2.46. The molecule has 0 aromatic carbocycles. The number of aromatic amines is 1. The maximum atomic E-state index is 13.9. The summed E-state index contributed by atoms with van der Waals surface area (Å²) < 4.78 is 64.8. The van der Waals surface area contributed by atoms with E-state index in [9.17, 15) is 33.2 Å². The number of H-pyrrole nitrogens is 1. The highest BCUT2D eigenvalue weighted by Crippen LogP contribution is 2.66. The molecular weight excluding hydrogens is 548 g/mol. The van der Waals surface area contributed by atoms with Crippen molar-refractivity contribution in [1.82, 2.24) is 9.97 Å². The molecule has 3 unspecified atom stereocenters. The highest BCUT2D eigenvalue weighted by atomic mass is 32.1. The van der Waals surface area contributed by atoms with E-state index in [1.807, 2.05) is 0 Å². The molecule has 190 valence electrons. The van der Waals surface area contributed by atoms with Crippen molar-refractivity contribution in [1.29, 1.82) is 0 Å². The number of fused-ring (bicyclic) bond motifs is 1. The third-order valence-electron chi connectivity index (χ3n) is 4.47. The van der Waals surface area contributed by atoms with Gasteiger partial charge in [0.15, 0.2) is 0 Å². The van der Waals surface area contributed by atoms with Gasteiger partial charge in [-0.25, -0.2) is 23.1 Å². The lowest BCUT2D eigenvalue weighted by molar-refractivity contribution is -0.0224. The maximum Gasteiger partial charge on any atom is 0.490 e. The summed E-state index contributed by atoms with van der Waals surface area (Å²) in [6.07, 6.45) is -6.15. The number of nitrogens with one attached hydrogen (secondary N) is 1. The topological polar surface area (TPSA) is 238 Å². The molecule has 0 saturated carbocycles. The number of aryl methyl sites for hydroxylation is 1. The summed E-state index contributed by atoms with van der Waals surface area (Å²) in [6.45, 7) is 0.458. The number of rotatable bonds is 8. The van der Waals surface area contributed by atoms with Crippen LogP contribution in [0.1, 0.15) is 17.4 Å². The van der Waals surface area contributed by atoms with E-state index in [2.05, 4.69) is 23.1 Å². The fourth-order valence-corrected chi connectivity index (χ4v) is 6.35. The lowest BCUT2D eigenvalue weighted by atomic mass is 10.0. The number of phosphoric acid groups is 3. The van der Waals surface area contributed by atoms with Gasteiger partial charge in [-0.3, -0.25) is 4.52 Å². The lowest BCUT2D eigenvalue weighted by Crippen LogP contribution is -2.33. The first-order valence-electron chi connectivity index (χ1n) is 8.98. The van der Waals surface area contributed by atoms with Gasteiger partial charge in [-0.15, -0.1) is 0 Å². The van der Waals surface area contributed by atoms with Crippen LogP contribution in [0, 0.1) is 17.4 Å². The molecule has 0 aliphatic carbocycles. The Labute approximate surface area is 194 Å². The van der Waals surface area contributed by atoms with Crippen LogP contribution in [0.2, 0.25) is 0 Å². The number of aliphatic hydroxyl groups is 2. The summed E-state index contributed by atoms with van der Waals surface area (Å²) in [7, 11) is -16.8. The van der Waals surface area contributed by atoms with Crippen LogP contribution >= 0.6 is 35.7 Å². The normalized spacial score (nSPS) is 26.9. The molecule has 6 atom stereocenters. The third kappa shape index (κ3) is 6.60. The number of hydrogen-bond donors (Lipinski definition) is 7. The van der Waals surface area contributed by atoms with Gasteiger partial charge in [0, 0.05) is 10.9 Å². The minimum Gasteiger partial charge on any atom is -0.387 e. The second-order valence-electron chi connectivity index (χ2n) is 7.01. The average molecular weight is 566 g/mol. The first-order valence-corrected chi connectivity index (χ1v) is 13.9. The number of phosphoric ester groups is 1. The summed E-state index contributed by atoms with van der Waals surface area (Å²) in [5.74, 6) is -0.606. The van der Waals surface area contributed by atoms with Gasteiger partial charge < -0.3 is 39.5 Å². The van der Waals surface area contributed by atoms with E-state index in [1.165, 1.54) is 13.0 Å². The predicted molar refractivity (Wildman–Crippen MR) is 111 cm³/mol. The van der Waals surface area contributed by atoms with Gasteiger partial charge in [0.1, 0.15) is 40.5 Å². The van der Waals surface area contributed by atoms with Crippen molar-refractivity contribution in [3.8, 4) is 0 Å². The minimum atomic E-state index is -5.73. The van der Waals surface area contributed by atoms with Crippen LogP contribution in [-0.2, 0) is 31.6 Å². The molecule has 34 heavy (non-hydrogen) atoms. The molecule has 1 aliphatic heterocycles. The first-order chi connectivity index (χ1) is 15.5. The maximum absolute atomic E-state index is 13.9. The van der Waals surface area contributed by atoms with Gasteiger partial charge in [-0.1, -0.05) is 12.2 Å².